The first-order valence-electron chi connectivity index (χ1n) is 5.66. The molecule has 1 aromatic carbocycles. The van der Waals surface area contributed by atoms with Crippen LogP contribution in [0.2, 0.25) is 0 Å². The van der Waals surface area contributed by atoms with E-state index in [1.165, 1.54) is 0 Å². The third kappa shape index (κ3) is 4.48. The van der Waals surface area contributed by atoms with Crippen LogP contribution < -0.4 is 5.32 Å². The zero-order valence-electron chi connectivity index (χ0n) is 10.1. The van der Waals surface area contributed by atoms with Gasteiger partial charge in [-0.1, -0.05) is 60.1 Å². The van der Waals surface area contributed by atoms with Gasteiger partial charge in [0.25, 0.3) is 0 Å². The van der Waals surface area contributed by atoms with Gasteiger partial charge < -0.3 is 10.4 Å². The lowest BCUT2D eigenvalue weighted by molar-refractivity contribution is -0.122. The molecule has 2 atom stereocenters. The number of carbonyl (C=O) groups is 1. The summed E-state index contributed by atoms with van der Waals surface area (Å²) in [5.41, 5.74) is 1.04. The van der Waals surface area contributed by atoms with Crippen molar-refractivity contribution in [1.29, 1.82) is 0 Å². The molecule has 17 heavy (non-hydrogen) atoms. The summed E-state index contributed by atoms with van der Waals surface area (Å²) < 4.78 is 0. The predicted molar refractivity (Wildman–Crippen MR) is 71.8 cm³/mol. The average Bonchev–Trinajstić information content (AvgIpc) is 2.35. The van der Waals surface area contributed by atoms with Crippen LogP contribution in [0, 0.1) is 5.92 Å². The summed E-state index contributed by atoms with van der Waals surface area (Å²) in [4.78, 5) is 11.2. The smallest absolute Gasteiger partial charge is 0.236 e. The molecule has 1 aromatic rings. The molecule has 1 rings (SSSR count). The Labute approximate surface area is 110 Å². The zero-order chi connectivity index (χ0) is 12.8. The third-order valence-corrected chi connectivity index (χ3v) is 3.50. The first-order valence-corrected chi connectivity index (χ1v) is 6.57. The maximum atomic E-state index is 11.7. The molecule has 94 valence electrons. The number of hydrogen-bond acceptors (Lipinski definition) is 2. The van der Waals surface area contributed by atoms with Gasteiger partial charge in [-0.05, 0) is 11.5 Å². The summed E-state index contributed by atoms with van der Waals surface area (Å²) in [6.07, 6.45) is -0.675. The van der Waals surface area contributed by atoms with Gasteiger partial charge in [0.15, 0.2) is 0 Å². The Bertz CT molecular complexity index is 354. The number of hydrogen-bond donors (Lipinski definition) is 2. The summed E-state index contributed by atoms with van der Waals surface area (Å²) in [5, 5.41) is 12.5. The van der Waals surface area contributed by atoms with Crippen LogP contribution in [-0.4, -0.2) is 21.9 Å². The number of amides is 1. The van der Waals surface area contributed by atoms with Crippen LogP contribution in [0.15, 0.2) is 30.3 Å². The van der Waals surface area contributed by atoms with Crippen LogP contribution in [0.4, 0.5) is 0 Å². The van der Waals surface area contributed by atoms with Crippen LogP contribution in [0.3, 0.4) is 0 Å². The standard InChI is InChI=1S/C13H18BrNO2/c1-9(2)12(16)11(14)13(17)15-8-10-6-4-3-5-7-10/h3-7,9,11-12,16H,8H2,1-2H3,(H,15,17)/t11-,12+/m1/s1. The Kier molecular flexibility index (Phi) is 5.65. The molecule has 0 fully saturated rings. The minimum Gasteiger partial charge on any atom is -0.391 e. The maximum absolute atomic E-state index is 11.7. The van der Waals surface area contributed by atoms with Crippen molar-refractivity contribution in [3.63, 3.8) is 0 Å². The summed E-state index contributed by atoms with van der Waals surface area (Å²) in [5.74, 6) is -0.142. The van der Waals surface area contributed by atoms with Crippen molar-refractivity contribution in [2.24, 2.45) is 5.92 Å². The lowest BCUT2D eigenvalue weighted by atomic mass is 10.0. The number of aliphatic hydroxyl groups is 1. The Morgan fingerprint density at radius 3 is 2.47 bits per heavy atom. The maximum Gasteiger partial charge on any atom is 0.236 e. The van der Waals surface area contributed by atoms with Crippen molar-refractivity contribution < 1.29 is 9.90 Å². The van der Waals surface area contributed by atoms with E-state index in [0.717, 1.165) is 5.56 Å². The summed E-state index contributed by atoms with van der Waals surface area (Å²) >= 11 is 3.22. The Morgan fingerprint density at radius 2 is 1.94 bits per heavy atom. The largest absolute Gasteiger partial charge is 0.391 e. The molecule has 0 heterocycles. The van der Waals surface area contributed by atoms with Crippen molar-refractivity contribution in [1.82, 2.24) is 5.32 Å². The second-order valence-corrected chi connectivity index (χ2v) is 5.33. The van der Waals surface area contributed by atoms with E-state index in [4.69, 9.17) is 0 Å². The first-order chi connectivity index (χ1) is 8.02. The molecule has 0 aliphatic rings. The van der Waals surface area contributed by atoms with Gasteiger partial charge in [-0.3, -0.25) is 4.79 Å². The second kappa shape index (κ2) is 6.77. The number of alkyl halides is 1. The molecule has 0 spiro atoms. The zero-order valence-corrected chi connectivity index (χ0v) is 11.6. The number of aliphatic hydroxyl groups excluding tert-OH is 1. The summed E-state index contributed by atoms with van der Waals surface area (Å²) in [7, 11) is 0. The fourth-order valence-corrected chi connectivity index (χ4v) is 2.15. The van der Waals surface area contributed by atoms with E-state index in [9.17, 15) is 9.90 Å². The van der Waals surface area contributed by atoms with Gasteiger partial charge in [-0.15, -0.1) is 0 Å². The van der Waals surface area contributed by atoms with Crippen molar-refractivity contribution in [2.75, 3.05) is 0 Å². The van der Waals surface area contributed by atoms with E-state index in [1.54, 1.807) is 0 Å². The molecule has 0 aliphatic heterocycles. The highest BCUT2D eigenvalue weighted by molar-refractivity contribution is 9.10. The molecule has 0 radical (unpaired) electrons. The SMILES string of the molecule is CC(C)[C@H](O)[C@@H](Br)C(=O)NCc1ccccc1. The molecule has 0 aliphatic carbocycles. The van der Waals surface area contributed by atoms with Crippen molar-refractivity contribution >= 4 is 21.8 Å². The number of benzene rings is 1. The molecule has 3 nitrogen and oxygen atoms in total. The minimum atomic E-state index is -0.675. The van der Waals surface area contributed by atoms with E-state index < -0.39 is 10.9 Å². The monoisotopic (exact) mass is 299 g/mol. The normalized spacial score (nSPS) is 14.4. The lowest BCUT2D eigenvalue weighted by Crippen LogP contribution is -2.40. The van der Waals surface area contributed by atoms with Crippen LogP contribution in [0.1, 0.15) is 19.4 Å². The fourth-order valence-electron chi connectivity index (χ4n) is 1.38. The van der Waals surface area contributed by atoms with Gasteiger partial charge in [0, 0.05) is 6.54 Å². The molecule has 0 aromatic heterocycles. The molecule has 0 unspecified atom stereocenters. The molecular weight excluding hydrogens is 282 g/mol. The highest BCUT2D eigenvalue weighted by Crippen LogP contribution is 2.14. The first kappa shape index (κ1) is 14.2. The fraction of sp³-hybridized carbons (Fsp3) is 0.462. The van der Waals surface area contributed by atoms with Crippen molar-refractivity contribution in [3.05, 3.63) is 35.9 Å². The van der Waals surface area contributed by atoms with Crippen LogP contribution in [0.5, 0.6) is 0 Å². The summed E-state index contributed by atoms with van der Waals surface area (Å²) in [6, 6.07) is 9.68. The van der Waals surface area contributed by atoms with Gasteiger partial charge in [0.2, 0.25) is 5.91 Å². The quantitative estimate of drug-likeness (QED) is 0.818. The van der Waals surface area contributed by atoms with Gasteiger partial charge in [0.05, 0.1) is 6.10 Å². The highest BCUT2D eigenvalue weighted by atomic mass is 79.9. The van der Waals surface area contributed by atoms with E-state index in [0.29, 0.717) is 6.54 Å². The Morgan fingerprint density at radius 1 is 1.35 bits per heavy atom. The van der Waals surface area contributed by atoms with Gasteiger partial charge >= 0.3 is 0 Å². The Hall–Kier alpha value is -0.870. The Balaban J connectivity index is 2.45. The molecule has 0 saturated heterocycles. The van der Waals surface area contributed by atoms with Crippen LogP contribution in [-0.2, 0) is 11.3 Å². The van der Waals surface area contributed by atoms with E-state index >= 15 is 0 Å². The highest BCUT2D eigenvalue weighted by Gasteiger charge is 2.25. The predicted octanol–water partition coefficient (Wildman–Crippen LogP) is 2.08. The third-order valence-electron chi connectivity index (χ3n) is 2.54. The van der Waals surface area contributed by atoms with Gasteiger partial charge in [-0.25, -0.2) is 0 Å². The number of rotatable bonds is 5. The minimum absolute atomic E-state index is 0.0434. The van der Waals surface area contributed by atoms with Crippen LogP contribution >= 0.6 is 15.9 Å². The summed E-state index contributed by atoms with van der Waals surface area (Å²) in [6.45, 7) is 4.24. The van der Waals surface area contributed by atoms with E-state index in [-0.39, 0.29) is 11.8 Å². The van der Waals surface area contributed by atoms with Gasteiger partial charge in [0.1, 0.15) is 4.83 Å². The van der Waals surface area contributed by atoms with Crippen molar-refractivity contribution in [2.45, 2.75) is 31.3 Å². The number of halogens is 1. The molecular formula is C13H18BrNO2. The number of carbonyl (C=O) groups excluding carboxylic acids is 1. The van der Waals surface area contributed by atoms with Crippen molar-refractivity contribution in [3.8, 4) is 0 Å². The molecule has 0 saturated carbocycles. The topological polar surface area (TPSA) is 49.3 Å². The lowest BCUT2D eigenvalue weighted by Gasteiger charge is -2.20. The van der Waals surface area contributed by atoms with Crippen LogP contribution in [0.25, 0.3) is 0 Å². The second-order valence-electron chi connectivity index (χ2n) is 4.34. The molecule has 4 heteroatoms. The van der Waals surface area contributed by atoms with E-state index in [1.807, 2.05) is 44.2 Å². The molecule has 1 amide bonds. The van der Waals surface area contributed by atoms with Gasteiger partial charge in [-0.2, -0.15) is 0 Å². The van der Waals surface area contributed by atoms with E-state index in [2.05, 4.69) is 21.2 Å². The molecule has 2 N–H and O–H groups in total. The number of nitrogens with one attached hydrogen (secondary N) is 1. The molecule has 0 bridgehead atoms. The average molecular weight is 300 g/mol.